The van der Waals surface area contributed by atoms with E-state index in [0.717, 1.165) is 24.9 Å². The zero-order valence-corrected chi connectivity index (χ0v) is 11.4. The van der Waals surface area contributed by atoms with Gasteiger partial charge in [-0.3, -0.25) is 0 Å². The van der Waals surface area contributed by atoms with Crippen LogP contribution in [0.2, 0.25) is 0 Å². The predicted molar refractivity (Wildman–Crippen MR) is 69.5 cm³/mol. The van der Waals surface area contributed by atoms with E-state index in [1.54, 1.807) is 10.8 Å². The van der Waals surface area contributed by atoms with Crippen LogP contribution in [0, 0.1) is 5.92 Å². The third-order valence-corrected chi connectivity index (χ3v) is 3.69. The SMILES string of the molecule is FC(F)(F)c1cn2c(n1)CCC(CNCc1ccco1)C2. The van der Waals surface area contributed by atoms with Crippen molar-refractivity contribution in [1.82, 2.24) is 14.9 Å². The van der Waals surface area contributed by atoms with Crippen molar-refractivity contribution in [2.45, 2.75) is 32.1 Å². The van der Waals surface area contributed by atoms with Gasteiger partial charge in [-0.15, -0.1) is 0 Å². The third kappa shape index (κ3) is 3.29. The zero-order valence-electron chi connectivity index (χ0n) is 11.4. The molecule has 0 saturated carbocycles. The highest BCUT2D eigenvalue weighted by molar-refractivity contribution is 5.10. The molecule has 2 aromatic rings. The van der Waals surface area contributed by atoms with Gasteiger partial charge in [0.05, 0.1) is 12.8 Å². The Labute approximate surface area is 120 Å². The van der Waals surface area contributed by atoms with E-state index in [-0.39, 0.29) is 0 Å². The van der Waals surface area contributed by atoms with E-state index in [4.69, 9.17) is 4.42 Å². The van der Waals surface area contributed by atoms with E-state index in [0.29, 0.717) is 31.3 Å². The van der Waals surface area contributed by atoms with E-state index in [2.05, 4.69) is 10.3 Å². The Bertz CT molecular complexity index is 589. The van der Waals surface area contributed by atoms with Crippen molar-refractivity contribution >= 4 is 0 Å². The quantitative estimate of drug-likeness (QED) is 0.944. The first-order valence-electron chi connectivity index (χ1n) is 6.88. The van der Waals surface area contributed by atoms with Crippen LogP contribution in [0.25, 0.3) is 0 Å². The molecule has 1 aliphatic rings. The second-order valence-electron chi connectivity index (χ2n) is 5.31. The molecule has 3 rings (SSSR count). The second kappa shape index (κ2) is 5.55. The first kappa shape index (κ1) is 14.2. The number of fused-ring (bicyclic) bond motifs is 1. The molecule has 0 radical (unpaired) electrons. The van der Waals surface area contributed by atoms with Crippen molar-refractivity contribution in [1.29, 1.82) is 0 Å². The molecule has 4 nitrogen and oxygen atoms in total. The summed E-state index contributed by atoms with van der Waals surface area (Å²) in [6, 6.07) is 3.71. The topological polar surface area (TPSA) is 43.0 Å². The van der Waals surface area contributed by atoms with Gasteiger partial charge in [-0.2, -0.15) is 13.2 Å². The lowest BCUT2D eigenvalue weighted by molar-refractivity contribution is -0.141. The number of rotatable bonds is 4. The lowest BCUT2D eigenvalue weighted by Crippen LogP contribution is -2.29. The van der Waals surface area contributed by atoms with Crippen molar-refractivity contribution in [3.63, 3.8) is 0 Å². The number of halogens is 3. The smallest absolute Gasteiger partial charge is 0.434 e. The first-order chi connectivity index (χ1) is 10.0. The fourth-order valence-corrected chi connectivity index (χ4v) is 2.63. The summed E-state index contributed by atoms with van der Waals surface area (Å²) in [6.45, 7) is 1.96. The van der Waals surface area contributed by atoms with Gasteiger partial charge < -0.3 is 14.3 Å². The van der Waals surface area contributed by atoms with Crippen molar-refractivity contribution in [2.24, 2.45) is 5.92 Å². The molecular weight excluding hydrogens is 283 g/mol. The normalized spacial score (nSPS) is 18.7. The highest BCUT2D eigenvalue weighted by Crippen LogP contribution is 2.30. The molecule has 3 heterocycles. The maximum absolute atomic E-state index is 12.6. The molecule has 0 fully saturated rings. The average Bonchev–Trinajstić information content (AvgIpc) is 3.05. The van der Waals surface area contributed by atoms with E-state index in [9.17, 15) is 13.2 Å². The number of imidazole rings is 1. The average molecular weight is 299 g/mol. The van der Waals surface area contributed by atoms with Gasteiger partial charge in [0.15, 0.2) is 5.69 Å². The Balaban J connectivity index is 1.56. The molecule has 114 valence electrons. The van der Waals surface area contributed by atoms with Crippen molar-refractivity contribution < 1.29 is 17.6 Å². The Morgan fingerprint density at radius 2 is 2.29 bits per heavy atom. The summed E-state index contributed by atoms with van der Waals surface area (Å²) in [5.41, 5.74) is -0.790. The number of hydrogen-bond donors (Lipinski definition) is 1. The van der Waals surface area contributed by atoms with Gasteiger partial charge in [-0.1, -0.05) is 0 Å². The van der Waals surface area contributed by atoms with Crippen LogP contribution in [-0.2, 0) is 25.7 Å². The highest BCUT2D eigenvalue weighted by Gasteiger charge is 2.35. The second-order valence-corrected chi connectivity index (χ2v) is 5.31. The van der Waals surface area contributed by atoms with Crippen LogP contribution in [-0.4, -0.2) is 16.1 Å². The van der Waals surface area contributed by atoms with Crippen LogP contribution in [0.15, 0.2) is 29.0 Å². The van der Waals surface area contributed by atoms with Crippen LogP contribution >= 0.6 is 0 Å². The summed E-state index contributed by atoms with van der Waals surface area (Å²) in [5, 5.41) is 3.28. The van der Waals surface area contributed by atoms with Crippen LogP contribution in [0.3, 0.4) is 0 Å². The minimum atomic E-state index is -4.36. The van der Waals surface area contributed by atoms with Gasteiger partial charge in [-0.25, -0.2) is 4.98 Å². The number of alkyl halides is 3. The Morgan fingerprint density at radius 1 is 1.43 bits per heavy atom. The zero-order chi connectivity index (χ0) is 14.9. The summed E-state index contributed by atoms with van der Waals surface area (Å²) >= 11 is 0. The summed E-state index contributed by atoms with van der Waals surface area (Å²) < 4.78 is 44.7. The van der Waals surface area contributed by atoms with Crippen LogP contribution in [0.4, 0.5) is 13.2 Å². The van der Waals surface area contributed by atoms with Crippen molar-refractivity contribution in [3.05, 3.63) is 41.9 Å². The summed E-state index contributed by atoms with van der Waals surface area (Å²) in [4.78, 5) is 3.68. The van der Waals surface area contributed by atoms with E-state index in [1.807, 2.05) is 12.1 Å². The lowest BCUT2D eigenvalue weighted by atomic mass is 9.99. The molecule has 1 N–H and O–H groups in total. The summed E-state index contributed by atoms with van der Waals surface area (Å²) in [7, 11) is 0. The number of furan rings is 1. The number of hydrogen-bond acceptors (Lipinski definition) is 3. The maximum atomic E-state index is 12.6. The molecule has 7 heteroatoms. The van der Waals surface area contributed by atoms with E-state index >= 15 is 0 Å². The first-order valence-corrected chi connectivity index (χ1v) is 6.88. The molecule has 1 aliphatic heterocycles. The molecule has 0 saturated heterocycles. The number of aromatic nitrogens is 2. The molecule has 0 aliphatic carbocycles. The highest BCUT2D eigenvalue weighted by atomic mass is 19.4. The lowest BCUT2D eigenvalue weighted by Gasteiger charge is -2.23. The Kier molecular flexibility index (Phi) is 3.75. The summed E-state index contributed by atoms with van der Waals surface area (Å²) in [6.07, 6.45) is -0.192. The number of nitrogens with one attached hydrogen (secondary N) is 1. The molecule has 0 spiro atoms. The standard InChI is InChI=1S/C14H16F3N3O/c15-14(16,17)12-9-20-8-10(3-4-13(20)19-12)6-18-7-11-2-1-5-21-11/h1-2,5,9-10,18H,3-4,6-8H2. The molecule has 1 atom stereocenters. The third-order valence-electron chi connectivity index (χ3n) is 3.69. The fourth-order valence-electron chi connectivity index (χ4n) is 2.63. The predicted octanol–water partition coefficient (Wildman–Crippen LogP) is 2.85. The van der Waals surface area contributed by atoms with Gasteiger partial charge in [0.2, 0.25) is 0 Å². The van der Waals surface area contributed by atoms with Gasteiger partial charge in [0.1, 0.15) is 11.6 Å². The molecular formula is C14H16F3N3O. The van der Waals surface area contributed by atoms with E-state index < -0.39 is 11.9 Å². The van der Waals surface area contributed by atoms with Gasteiger partial charge in [-0.05, 0) is 24.5 Å². The van der Waals surface area contributed by atoms with Crippen LogP contribution < -0.4 is 5.32 Å². The summed E-state index contributed by atoms with van der Waals surface area (Å²) in [5.74, 6) is 1.70. The Morgan fingerprint density at radius 3 is 3.00 bits per heavy atom. The van der Waals surface area contributed by atoms with Gasteiger partial charge in [0.25, 0.3) is 0 Å². The van der Waals surface area contributed by atoms with Crippen LogP contribution in [0.5, 0.6) is 0 Å². The Hall–Kier alpha value is -1.76. The minimum Gasteiger partial charge on any atom is -0.468 e. The monoisotopic (exact) mass is 299 g/mol. The minimum absolute atomic E-state index is 0.308. The molecule has 21 heavy (non-hydrogen) atoms. The van der Waals surface area contributed by atoms with Crippen molar-refractivity contribution in [2.75, 3.05) is 6.54 Å². The molecule has 1 unspecified atom stereocenters. The van der Waals surface area contributed by atoms with Crippen molar-refractivity contribution in [3.8, 4) is 0 Å². The largest absolute Gasteiger partial charge is 0.468 e. The number of nitrogens with zero attached hydrogens (tertiary/aromatic N) is 2. The van der Waals surface area contributed by atoms with E-state index in [1.165, 1.54) is 0 Å². The maximum Gasteiger partial charge on any atom is 0.434 e. The fraction of sp³-hybridized carbons (Fsp3) is 0.500. The molecule has 2 aromatic heterocycles. The number of aryl methyl sites for hydroxylation is 1. The van der Waals surface area contributed by atoms with Crippen LogP contribution in [0.1, 0.15) is 23.7 Å². The van der Waals surface area contributed by atoms with Gasteiger partial charge >= 0.3 is 6.18 Å². The molecule has 0 aromatic carbocycles. The molecule has 0 amide bonds. The van der Waals surface area contributed by atoms with Gasteiger partial charge in [0, 0.05) is 25.7 Å². The molecule has 0 bridgehead atoms.